The number of carbonyl (C=O) groups is 3. The van der Waals surface area contributed by atoms with E-state index in [0.717, 1.165) is 12.1 Å². The molecule has 0 aromatic heterocycles. The molecule has 0 unspecified atom stereocenters. The predicted octanol–water partition coefficient (Wildman–Crippen LogP) is 2.12. The highest BCUT2D eigenvalue weighted by atomic mass is 19.3. The van der Waals surface area contributed by atoms with Gasteiger partial charge in [-0.3, -0.25) is 9.59 Å². The van der Waals surface area contributed by atoms with Crippen molar-refractivity contribution in [1.82, 2.24) is 0 Å². The zero-order valence-electron chi connectivity index (χ0n) is 9.57. The van der Waals surface area contributed by atoms with E-state index in [-0.39, 0.29) is 12.0 Å². The number of hydrogen-bond donors (Lipinski definition) is 0. The largest absolute Gasteiger partial charge is 0.389 e. The van der Waals surface area contributed by atoms with Gasteiger partial charge in [0.05, 0.1) is 6.42 Å². The Labute approximate surface area is 106 Å². The molecule has 19 heavy (non-hydrogen) atoms. The van der Waals surface area contributed by atoms with Crippen molar-refractivity contribution in [3.8, 4) is 0 Å². The fourth-order valence-corrected chi connectivity index (χ4v) is 1.20. The number of hydrogen-bond acceptors (Lipinski definition) is 4. The van der Waals surface area contributed by atoms with Crippen LogP contribution in [0.3, 0.4) is 0 Å². The number of benzene rings is 1. The molecular formula is C12H9F3O4. The normalized spacial score (nSPS) is 10.3. The van der Waals surface area contributed by atoms with Gasteiger partial charge in [0.15, 0.2) is 5.78 Å². The molecule has 1 aromatic rings. The molecule has 0 aliphatic heterocycles. The number of ether oxygens (including phenoxy) is 1. The molecule has 4 nitrogen and oxygen atoms in total. The van der Waals surface area contributed by atoms with Crippen molar-refractivity contribution in [3.05, 3.63) is 35.6 Å². The molecule has 0 fully saturated rings. The van der Waals surface area contributed by atoms with Gasteiger partial charge in [0.1, 0.15) is 5.82 Å². The van der Waals surface area contributed by atoms with Gasteiger partial charge in [0.25, 0.3) is 0 Å². The lowest BCUT2D eigenvalue weighted by Crippen LogP contribution is -2.19. The first-order valence-electron chi connectivity index (χ1n) is 5.21. The number of rotatable bonds is 5. The molecule has 0 aliphatic carbocycles. The van der Waals surface area contributed by atoms with Crippen molar-refractivity contribution in [3.63, 3.8) is 0 Å². The highest BCUT2D eigenvalue weighted by molar-refractivity contribution is 5.98. The maximum absolute atomic E-state index is 12.6. The minimum absolute atomic E-state index is 0.175. The van der Waals surface area contributed by atoms with E-state index in [1.54, 1.807) is 0 Å². The van der Waals surface area contributed by atoms with Crippen LogP contribution >= 0.6 is 0 Å². The van der Waals surface area contributed by atoms with E-state index in [1.807, 2.05) is 0 Å². The zero-order chi connectivity index (χ0) is 14.4. The van der Waals surface area contributed by atoms with Gasteiger partial charge >= 0.3 is 18.4 Å². The Morgan fingerprint density at radius 1 is 1.05 bits per heavy atom. The zero-order valence-corrected chi connectivity index (χ0v) is 9.57. The third-order valence-electron chi connectivity index (χ3n) is 2.11. The molecule has 0 spiro atoms. The fraction of sp³-hybridized carbons (Fsp3) is 0.250. The molecular weight excluding hydrogens is 265 g/mol. The first-order chi connectivity index (χ1) is 8.90. The summed E-state index contributed by atoms with van der Waals surface area (Å²) in [6, 6.07) is 4.61. The summed E-state index contributed by atoms with van der Waals surface area (Å²) in [6.07, 6.45) is -4.22. The lowest BCUT2D eigenvalue weighted by Gasteiger charge is -2.02. The summed E-state index contributed by atoms with van der Waals surface area (Å²) in [7, 11) is 0. The van der Waals surface area contributed by atoms with Crippen LogP contribution in [0.5, 0.6) is 0 Å². The Bertz CT molecular complexity index is 482. The van der Waals surface area contributed by atoms with Crippen LogP contribution in [-0.2, 0) is 14.3 Å². The summed E-state index contributed by atoms with van der Waals surface area (Å²) in [6.45, 7) is 0. The highest BCUT2D eigenvalue weighted by Crippen LogP contribution is 2.08. The smallest absolute Gasteiger partial charge is 0.381 e. The number of halogens is 3. The van der Waals surface area contributed by atoms with Crippen LogP contribution in [0.1, 0.15) is 23.2 Å². The Morgan fingerprint density at radius 2 is 1.63 bits per heavy atom. The summed E-state index contributed by atoms with van der Waals surface area (Å²) in [4.78, 5) is 32.9. The summed E-state index contributed by atoms with van der Waals surface area (Å²) in [5.41, 5.74) is 0.175. The van der Waals surface area contributed by atoms with Gasteiger partial charge in [-0.1, -0.05) is 0 Å². The Morgan fingerprint density at radius 3 is 2.16 bits per heavy atom. The van der Waals surface area contributed by atoms with E-state index in [9.17, 15) is 27.6 Å². The van der Waals surface area contributed by atoms with Crippen LogP contribution < -0.4 is 0 Å². The molecule has 1 aromatic carbocycles. The van der Waals surface area contributed by atoms with E-state index in [2.05, 4.69) is 4.74 Å². The molecule has 0 N–H and O–H groups in total. The summed E-state index contributed by atoms with van der Waals surface area (Å²) in [5.74, 6) is -4.15. The lowest BCUT2D eigenvalue weighted by atomic mass is 10.1. The van der Waals surface area contributed by atoms with Crippen LogP contribution in [0.2, 0.25) is 0 Å². The second-order valence-corrected chi connectivity index (χ2v) is 3.52. The average molecular weight is 274 g/mol. The van der Waals surface area contributed by atoms with E-state index < -0.39 is 36.4 Å². The molecule has 7 heteroatoms. The van der Waals surface area contributed by atoms with E-state index in [0.29, 0.717) is 0 Å². The van der Waals surface area contributed by atoms with Crippen molar-refractivity contribution in [1.29, 1.82) is 0 Å². The van der Waals surface area contributed by atoms with Gasteiger partial charge in [0.2, 0.25) is 0 Å². The third kappa shape index (κ3) is 4.90. The second-order valence-electron chi connectivity index (χ2n) is 3.52. The molecule has 0 saturated carbocycles. The van der Waals surface area contributed by atoms with Gasteiger partial charge in [0, 0.05) is 12.0 Å². The van der Waals surface area contributed by atoms with Crippen LogP contribution in [0.15, 0.2) is 24.3 Å². The molecule has 102 valence electrons. The first kappa shape index (κ1) is 14.9. The van der Waals surface area contributed by atoms with E-state index in [4.69, 9.17) is 0 Å². The van der Waals surface area contributed by atoms with Crippen LogP contribution in [0, 0.1) is 5.82 Å². The molecule has 0 bridgehead atoms. The Kier molecular flexibility index (Phi) is 5.23. The van der Waals surface area contributed by atoms with E-state index in [1.165, 1.54) is 12.1 Å². The van der Waals surface area contributed by atoms with Gasteiger partial charge in [-0.15, -0.1) is 0 Å². The first-order valence-corrected chi connectivity index (χ1v) is 5.21. The van der Waals surface area contributed by atoms with Gasteiger partial charge in [-0.25, -0.2) is 9.18 Å². The topological polar surface area (TPSA) is 60.4 Å². The number of esters is 2. The summed E-state index contributed by atoms with van der Waals surface area (Å²) >= 11 is 0. The third-order valence-corrected chi connectivity index (χ3v) is 2.11. The minimum atomic E-state index is -3.39. The summed E-state index contributed by atoms with van der Waals surface area (Å²) in [5, 5.41) is 0. The number of ketones is 1. The minimum Gasteiger partial charge on any atom is -0.389 e. The molecule has 0 atom stereocenters. The van der Waals surface area contributed by atoms with Crippen molar-refractivity contribution in [2.45, 2.75) is 19.3 Å². The molecule has 0 heterocycles. The quantitative estimate of drug-likeness (QED) is 0.469. The van der Waals surface area contributed by atoms with Crippen molar-refractivity contribution >= 4 is 17.7 Å². The molecule has 1 rings (SSSR count). The standard InChI is InChI=1S/C12H9F3O4/c13-8-3-1-7(2-4-8)9(16)5-6-10(17)19-12(18)11(14)15/h1-4,11H,5-6H2. The lowest BCUT2D eigenvalue weighted by molar-refractivity contribution is -0.167. The van der Waals surface area contributed by atoms with Crippen molar-refractivity contribution in [2.24, 2.45) is 0 Å². The fourth-order valence-electron chi connectivity index (χ4n) is 1.20. The van der Waals surface area contributed by atoms with Gasteiger partial charge < -0.3 is 4.74 Å². The average Bonchev–Trinajstić information content (AvgIpc) is 2.36. The Balaban J connectivity index is 2.44. The highest BCUT2D eigenvalue weighted by Gasteiger charge is 2.21. The maximum Gasteiger partial charge on any atom is 0.381 e. The second kappa shape index (κ2) is 6.67. The van der Waals surface area contributed by atoms with Gasteiger partial charge in [-0.05, 0) is 24.3 Å². The Hall–Kier alpha value is -2.18. The number of alkyl halides is 2. The van der Waals surface area contributed by atoms with Crippen LogP contribution in [0.25, 0.3) is 0 Å². The monoisotopic (exact) mass is 274 g/mol. The molecule has 0 amide bonds. The predicted molar refractivity (Wildman–Crippen MR) is 57.1 cm³/mol. The van der Waals surface area contributed by atoms with Crippen molar-refractivity contribution < 1.29 is 32.3 Å². The van der Waals surface area contributed by atoms with Crippen molar-refractivity contribution in [2.75, 3.05) is 0 Å². The SMILES string of the molecule is O=C(CCC(=O)c1ccc(F)cc1)OC(=O)C(F)F. The maximum atomic E-state index is 12.6. The summed E-state index contributed by atoms with van der Waals surface area (Å²) < 4.78 is 39.9. The number of carbonyl (C=O) groups excluding carboxylic acids is 3. The van der Waals surface area contributed by atoms with Crippen LogP contribution in [0.4, 0.5) is 13.2 Å². The van der Waals surface area contributed by atoms with E-state index >= 15 is 0 Å². The molecule has 0 radical (unpaired) electrons. The van der Waals surface area contributed by atoms with Crippen LogP contribution in [-0.4, -0.2) is 24.1 Å². The number of Topliss-reactive ketones (excluding diaryl/α,β-unsaturated/α-hetero) is 1. The molecule has 0 aliphatic rings. The molecule has 0 saturated heterocycles. The van der Waals surface area contributed by atoms with Gasteiger partial charge in [-0.2, -0.15) is 8.78 Å².